The smallest absolute Gasteiger partial charge is 0.195 e. The van der Waals surface area contributed by atoms with Crippen LogP contribution in [0.15, 0.2) is 24.3 Å². The summed E-state index contributed by atoms with van der Waals surface area (Å²) in [5.41, 5.74) is 1.65. The third-order valence-corrected chi connectivity index (χ3v) is 2.25. The summed E-state index contributed by atoms with van der Waals surface area (Å²) in [5, 5.41) is 11.1. The van der Waals surface area contributed by atoms with E-state index >= 15 is 0 Å². The minimum absolute atomic E-state index is 0.239. The third kappa shape index (κ3) is 1.04. The number of carbonyl (C=O) groups is 1. The van der Waals surface area contributed by atoms with Gasteiger partial charge in [0.2, 0.25) is 0 Å². The second kappa shape index (κ2) is 2.72. The molecule has 0 heterocycles. The van der Waals surface area contributed by atoms with Crippen LogP contribution in [-0.4, -0.2) is 11.9 Å². The highest BCUT2D eigenvalue weighted by Gasteiger charge is 2.25. The van der Waals surface area contributed by atoms with E-state index in [0.29, 0.717) is 12.0 Å². The van der Waals surface area contributed by atoms with Crippen molar-refractivity contribution in [3.05, 3.63) is 35.4 Å². The van der Waals surface area contributed by atoms with E-state index in [-0.39, 0.29) is 5.78 Å². The molecule has 0 bridgehead atoms. The minimum atomic E-state index is -1.03. The zero-order chi connectivity index (χ0) is 8.55. The predicted molar refractivity (Wildman–Crippen MR) is 43.6 cm³/mol. The molecule has 0 amide bonds. The number of rotatable bonds is 0. The summed E-state index contributed by atoms with van der Waals surface area (Å²) in [5.74, 6) is -0.239. The van der Waals surface area contributed by atoms with Crippen LogP contribution in [-0.2, 0) is 11.5 Å². The van der Waals surface area contributed by atoms with Crippen LogP contribution >= 0.6 is 0 Å². The molecule has 0 fully saturated rings. The van der Waals surface area contributed by atoms with Crippen molar-refractivity contribution in [1.82, 2.24) is 0 Å². The Morgan fingerprint density at radius 3 is 2.83 bits per heavy atom. The normalized spacial score (nSPS) is 22.1. The van der Waals surface area contributed by atoms with Gasteiger partial charge in [-0.05, 0) is 18.4 Å². The number of hydrogen-bond acceptors (Lipinski definition) is 1. The molecule has 0 N–H and O–H groups in total. The van der Waals surface area contributed by atoms with Gasteiger partial charge in [0.25, 0.3) is 0 Å². The molecule has 1 aliphatic rings. The molecule has 2 nitrogen and oxygen atoms in total. The van der Waals surface area contributed by atoms with E-state index in [1.165, 1.54) is 0 Å². The Labute approximate surface area is 70.8 Å². The van der Waals surface area contributed by atoms with Crippen LogP contribution in [0.2, 0.25) is 0 Å². The number of ketones is 1. The van der Waals surface area contributed by atoms with Crippen LogP contribution in [0, 0.1) is 0 Å². The maximum atomic E-state index is 11.3. The lowest BCUT2D eigenvalue weighted by Crippen LogP contribution is -2.25. The molecule has 1 atom stereocenters. The monoisotopic (exact) mass is 161 g/mol. The van der Waals surface area contributed by atoms with Gasteiger partial charge in [-0.3, -0.25) is 4.79 Å². The van der Waals surface area contributed by atoms with Crippen molar-refractivity contribution in [2.24, 2.45) is 0 Å². The van der Waals surface area contributed by atoms with Crippen molar-refractivity contribution in [2.75, 3.05) is 0 Å². The summed E-state index contributed by atoms with van der Waals surface area (Å²) in [6.45, 7) is 0. The molecule has 1 aromatic rings. The average molecular weight is 161 g/mol. The van der Waals surface area contributed by atoms with Gasteiger partial charge in [0.1, 0.15) is 0 Å². The summed E-state index contributed by atoms with van der Waals surface area (Å²) in [4.78, 5) is 11.3. The number of benzene rings is 1. The van der Waals surface area contributed by atoms with Crippen molar-refractivity contribution >= 4 is 5.78 Å². The Hall–Kier alpha value is -1.15. The van der Waals surface area contributed by atoms with E-state index < -0.39 is 6.10 Å². The van der Waals surface area contributed by atoms with Crippen LogP contribution in [0.25, 0.3) is 0 Å². The van der Waals surface area contributed by atoms with Gasteiger partial charge in [0.15, 0.2) is 11.9 Å². The van der Waals surface area contributed by atoms with Gasteiger partial charge in [-0.2, -0.15) is 0 Å². The molecule has 2 rings (SSSR count). The molecule has 0 aromatic heterocycles. The zero-order valence-corrected chi connectivity index (χ0v) is 6.62. The summed E-state index contributed by atoms with van der Waals surface area (Å²) in [6, 6.07) is 7.35. The predicted octanol–water partition coefficient (Wildman–Crippen LogP) is 1.61. The molecule has 2 heteroatoms. The second-order valence-electron chi connectivity index (χ2n) is 3.05. The minimum Gasteiger partial charge on any atom is -0.291 e. The fourth-order valence-corrected chi connectivity index (χ4v) is 1.57. The van der Waals surface area contributed by atoms with E-state index in [1.54, 1.807) is 12.1 Å². The largest absolute Gasteiger partial charge is 0.291 e. The summed E-state index contributed by atoms with van der Waals surface area (Å²) < 4.78 is 0. The lowest BCUT2D eigenvalue weighted by molar-refractivity contribution is 0.0496. The van der Waals surface area contributed by atoms with Crippen molar-refractivity contribution in [3.8, 4) is 0 Å². The number of carbonyl (C=O) groups excluding carboxylic acids is 1. The second-order valence-corrected chi connectivity index (χ2v) is 3.05. The highest BCUT2D eigenvalue weighted by atomic mass is 16.3. The zero-order valence-electron chi connectivity index (χ0n) is 6.62. The number of Topliss-reactive ketones (excluding diaryl/α,β-unsaturated/α-hetero) is 1. The Balaban J connectivity index is 2.49. The first-order chi connectivity index (χ1) is 5.79. The molecule has 1 unspecified atom stereocenters. The molecular weight excluding hydrogens is 152 g/mol. The quantitative estimate of drug-likeness (QED) is 0.569. The first kappa shape index (κ1) is 7.50. The lowest BCUT2D eigenvalue weighted by atomic mass is 9.89. The Morgan fingerprint density at radius 2 is 2.00 bits per heavy atom. The Morgan fingerprint density at radius 1 is 1.25 bits per heavy atom. The van der Waals surface area contributed by atoms with Gasteiger partial charge >= 0.3 is 0 Å². The van der Waals surface area contributed by atoms with E-state index in [4.69, 9.17) is 0 Å². The van der Waals surface area contributed by atoms with Crippen LogP contribution in [0.3, 0.4) is 0 Å². The van der Waals surface area contributed by atoms with Crippen LogP contribution in [0.1, 0.15) is 22.3 Å². The van der Waals surface area contributed by atoms with Gasteiger partial charge in [-0.1, -0.05) is 24.3 Å². The number of hydrogen-bond donors (Lipinski definition) is 0. The molecule has 0 saturated heterocycles. The lowest BCUT2D eigenvalue weighted by Gasteiger charge is -2.16. The van der Waals surface area contributed by atoms with Crippen LogP contribution in [0.4, 0.5) is 0 Å². The van der Waals surface area contributed by atoms with Crippen LogP contribution in [0.5, 0.6) is 0 Å². The SMILES string of the molecule is [O]C1CCc2ccccc2C1=O. The molecule has 0 spiro atoms. The van der Waals surface area contributed by atoms with Crippen molar-refractivity contribution in [1.29, 1.82) is 0 Å². The summed E-state index contributed by atoms with van der Waals surface area (Å²) in [7, 11) is 0. The first-order valence-corrected chi connectivity index (χ1v) is 4.07. The molecular formula is C10H9O2. The third-order valence-electron chi connectivity index (χ3n) is 2.25. The van der Waals surface area contributed by atoms with Crippen molar-refractivity contribution < 1.29 is 9.90 Å². The van der Waals surface area contributed by atoms with E-state index in [1.807, 2.05) is 12.1 Å². The summed E-state index contributed by atoms with van der Waals surface area (Å²) in [6.07, 6.45) is 0.172. The highest BCUT2D eigenvalue weighted by Crippen LogP contribution is 2.20. The fourth-order valence-electron chi connectivity index (χ4n) is 1.57. The van der Waals surface area contributed by atoms with Crippen LogP contribution < -0.4 is 0 Å². The number of aryl methyl sites for hydroxylation is 1. The first-order valence-electron chi connectivity index (χ1n) is 4.07. The van der Waals surface area contributed by atoms with E-state index in [9.17, 15) is 9.90 Å². The molecule has 61 valence electrons. The molecule has 1 radical (unpaired) electrons. The topological polar surface area (TPSA) is 37.0 Å². The van der Waals surface area contributed by atoms with Gasteiger partial charge in [0, 0.05) is 5.56 Å². The maximum absolute atomic E-state index is 11.3. The molecule has 0 aliphatic heterocycles. The molecule has 1 aromatic carbocycles. The maximum Gasteiger partial charge on any atom is 0.195 e. The molecule has 0 saturated carbocycles. The summed E-state index contributed by atoms with van der Waals surface area (Å²) >= 11 is 0. The molecule has 12 heavy (non-hydrogen) atoms. The molecule has 1 aliphatic carbocycles. The average Bonchev–Trinajstić information content (AvgIpc) is 2.12. The van der Waals surface area contributed by atoms with Gasteiger partial charge in [0.05, 0.1) is 0 Å². The standard InChI is InChI=1S/C10H9O2/c11-9-6-5-7-3-1-2-4-8(7)10(9)12/h1-4,9H,5-6H2. The Bertz CT molecular complexity index is 317. The van der Waals surface area contributed by atoms with Gasteiger partial charge in [-0.25, -0.2) is 5.11 Å². The van der Waals surface area contributed by atoms with E-state index in [2.05, 4.69) is 0 Å². The van der Waals surface area contributed by atoms with E-state index in [0.717, 1.165) is 12.0 Å². The van der Waals surface area contributed by atoms with Crippen molar-refractivity contribution in [3.63, 3.8) is 0 Å². The number of fused-ring (bicyclic) bond motifs is 1. The fraction of sp³-hybridized carbons (Fsp3) is 0.300. The van der Waals surface area contributed by atoms with Gasteiger partial charge < -0.3 is 0 Å². The Kier molecular flexibility index (Phi) is 1.70. The highest BCUT2D eigenvalue weighted by molar-refractivity contribution is 6.01. The van der Waals surface area contributed by atoms with Gasteiger partial charge in [-0.15, -0.1) is 0 Å². The van der Waals surface area contributed by atoms with Crippen molar-refractivity contribution in [2.45, 2.75) is 18.9 Å².